The molecule has 3 aromatic rings. The lowest BCUT2D eigenvalue weighted by molar-refractivity contribution is -0.144. The molecule has 2 aliphatic carbocycles. The van der Waals surface area contributed by atoms with E-state index in [1.54, 1.807) is 6.08 Å². The molecule has 0 unspecified atom stereocenters. The highest BCUT2D eigenvalue weighted by atomic mass is 35.5. The highest BCUT2D eigenvalue weighted by Gasteiger charge is 2.77. The Morgan fingerprint density at radius 2 is 1.41 bits per heavy atom. The molecule has 0 bridgehead atoms. The van der Waals surface area contributed by atoms with Crippen molar-refractivity contribution in [3.8, 4) is 5.75 Å². The first-order valence-corrected chi connectivity index (χ1v) is 18.9. The minimum atomic E-state index is -2.62. The lowest BCUT2D eigenvalue weighted by atomic mass is 9.56. The topological polar surface area (TPSA) is 107 Å². The van der Waals surface area contributed by atoms with E-state index in [0.29, 0.717) is 43.8 Å². The third-order valence-corrected chi connectivity index (χ3v) is 13.4. The first-order valence-electron chi connectivity index (χ1n) is 18.2. The highest BCUT2D eigenvalue weighted by molar-refractivity contribution is 6.58. The van der Waals surface area contributed by atoms with Crippen molar-refractivity contribution in [2.75, 3.05) is 31.2 Å². The van der Waals surface area contributed by atoms with Crippen LogP contribution in [0.3, 0.4) is 0 Å². The van der Waals surface area contributed by atoms with Crippen LogP contribution in [0.5, 0.6) is 5.75 Å². The van der Waals surface area contributed by atoms with Crippen LogP contribution in [0.2, 0.25) is 0 Å². The van der Waals surface area contributed by atoms with Crippen molar-refractivity contribution < 1.29 is 51.0 Å². The van der Waals surface area contributed by atoms with E-state index in [0.717, 1.165) is 5.56 Å². The molecule has 0 spiro atoms. The minimum absolute atomic E-state index is 0.0497. The number of aliphatic hydroxyl groups excluding tert-OH is 1. The van der Waals surface area contributed by atoms with Gasteiger partial charge in [-0.3, -0.25) is 29.0 Å². The second-order valence-electron chi connectivity index (χ2n) is 14.9. The molecular formula is C40H34Cl2F5N3O6. The number of carbonyl (C=O) groups excluding carboxylic acids is 4. The Morgan fingerprint density at radius 3 is 2.04 bits per heavy atom. The van der Waals surface area contributed by atoms with E-state index in [1.165, 1.54) is 29.2 Å². The fraction of sp³-hybridized carbons (Fsp3) is 0.400. The molecule has 4 fully saturated rings. The quantitative estimate of drug-likeness (QED) is 0.0745. The number of alkyl halides is 2. The molecule has 3 aromatic carbocycles. The van der Waals surface area contributed by atoms with Crippen molar-refractivity contribution in [3.05, 3.63) is 106 Å². The van der Waals surface area contributed by atoms with Gasteiger partial charge in [0, 0.05) is 31.6 Å². The molecule has 1 saturated carbocycles. The molecule has 1 N–H and O–H groups in total. The van der Waals surface area contributed by atoms with Gasteiger partial charge in [0.15, 0.2) is 33.0 Å². The number of imide groups is 2. The third-order valence-electron chi connectivity index (χ3n) is 12.0. The van der Waals surface area contributed by atoms with E-state index in [-0.39, 0.29) is 36.0 Å². The predicted octanol–water partition coefficient (Wildman–Crippen LogP) is 5.98. The fourth-order valence-electron chi connectivity index (χ4n) is 9.42. The maximum absolute atomic E-state index is 15.3. The zero-order valence-electron chi connectivity index (χ0n) is 29.5. The molecule has 3 heterocycles. The van der Waals surface area contributed by atoms with Crippen molar-refractivity contribution in [3.63, 3.8) is 0 Å². The SMILES string of the molecule is O=C1[C@H]2[C@H](CC=C3[C@H]2C[C@@]2(Cl)C(=O)N(c4c(F)c(F)c(F)c(F)c4F)C(=O)[C@@]2(Cl)[C@H]3c2ccc(OCCO)cc2)C(=O)N1C1CCN(Cc2ccccc2)CC1. The van der Waals surface area contributed by atoms with E-state index in [1.807, 2.05) is 30.3 Å². The number of rotatable bonds is 8. The highest BCUT2D eigenvalue weighted by Crippen LogP contribution is 2.66. The fourth-order valence-corrected chi connectivity index (χ4v) is 10.4. The van der Waals surface area contributed by atoms with Gasteiger partial charge >= 0.3 is 0 Å². The number of ether oxygens (including phenoxy) is 1. The van der Waals surface area contributed by atoms with Crippen LogP contribution in [-0.2, 0) is 25.7 Å². The second-order valence-corrected chi connectivity index (χ2v) is 16.1. The zero-order valence-corrected chi connectivity index (χ0v) is 31.0. The van der Waals surface area contributed by atoms with Crippen LogP contribution in [0.25, 0.3) is 0 Å². The molecule has 9 nitrogen and oxygen atoms in total. The first kappa shape index (κ1) is 38.5. The van der Waals surface area contributed by atoms with Crippen molar-refractivity contribution >= 4 is 52.5 Å². The predicted molar refractivity (Wildman–Crippen MR) is 192 cm³/mol. The lowest BCUT2D eigenvalue weighted by Crippen LogP contribution is -2.60. The van der Waals surface area contributed by atoms with Crippen molar-refractivity contribution in [1.29, 1.82) is 0 Å². The largest absolute Gasteiger partial charge is 0.491 e. The van der Waals surface area contributed by atoms with Gasteiger partial charge in [-0.25, -0.2) is 26.9 Å². The van der Waals surface area contributed by atoms with Gasteiger partial charge in [0.1, 0.15) is 18.0 Å². The zero-order chi connectivity index (χ0) is 39.8. The van der Waals surface area contributed by atoms with Crippen molar-refractivity contribution in [2.45, 2.75) is 53.9 Å². The Morgan fingerprint density at radius 1 is 0.786 bits per heavy atom. The Bertz CT molecular complexity index is 2140. The molecule has 0 aromatic heterocycles. The molecule has 56 heavy (non-hydrogen) atoms. The number of piperidine rings is 1. The minimum Gasteiger partial charge on any atom is -0.491 e. The summed E-state index contributed by atoms with van der Waals surface area (Å²) < 4.78 is 79.3. The molecule has 3 aliphatic heterocycles. The summed E-state index contributed by atoms with van der Waals surface area (Å²) in [5.41, 5.74) is -0.0885. The first-order chi connectivity index (χ1) is 26.7. The van der Waals surface area contributed by atoms with Crippen LogP contribution in [-0.4, -0.2) is 80.6 Å². The van der Waals surface area contributed by atoms with Gasteiger partial charge in [-0.15, -0.1) is 23.2 Å². The molecule has 294 valence electrons. The van der Waals surface area contributed by atoms with Crippen LogP contribution in [0.15, 0.2) is 66.2 Å². The Kier molecular flexibility index (Phi) is 9.78. The number of amides is 4. The Hall–Kier alpha value is -4.37. The van der Waals surface area contributed by atoms with Crippen LogP contribution < -0.4 is 9.64 Å². The van der Waals surface area contributed by atoms with Gasteiger partial charge in [0.05, 0.1) is 18.4 Å². The number of benzene rings is 3. The molecule has 6 atom stereocenters. The van der Waals surface area contributed by atoms with Crippen LogP contribution in [0, 0.1) is 46.8 Å². The second kappa shape index (κ2) is 14.2. The Balaban J connectivity index is 1.17. The normalized spacial score (nSPS) is 29.4. The molecule has 8 rings (SSSR count). The van der Waals surface area contributed by atoms with E-state index < -0.39 is 98.4 Å². The summed E-state index contributed by atoms with van der Waals surface area (Å²) in [5.74, 6) is -20.1. The number of halogens is 7. The number of anilines is 1. The number of nitrogens with zero attached hydrogens (tertiary/aromatic N) is 3. The van der Waals surface area contributed by atoms with Gasteiger partial charge in [0.2, 0.25) is 17.6 Å². The number of hydrogen-bond acceptors (Lipinski definition) is 7. The number of hydrogen-bond donors (Lipinski definition) is 1. The molecule has 0 radical (unpaired) electrons. The molecular weight excluding hydrogens is 784 g/mol. The summed E-state index contributed by atoms with van der Waals surface area (Å²) in [7, 11) is 0. The number of aliphatic hydroxyl groups is 1. The average molecular weight is 819 g/mol. The van der Waals surface area contributed by atoms with Gasteiger partial charge in [-0.2, -0.15) is 0 Å². The molecule has 5 aliphatic rings. The summed E-state index contributed by atoms with van der Waals surface area (Å²) in [5, 5.41) is 9.21. The van der Waals surface area contributed by atoms with Crippen LogP contribution >= 0.6 is 23.2 Å². The third kappa shape index (κ3) is 5.61. The lowest BCUT2D eigenvalue weighted by Gasteiger charge is -2.50. The summed E-state index contributed by atoms with van der Waals surface area (Å²) in [4.78, 5) is 55.7. The van der Waals surface area contributed by atoms with Gasteiger partial charge in [-0.1, -0.05) is 54.1 Å². The Labute approximate surface area is 327 Å². The molecule has 3 saturated heterocycles. The number of carbonyl (C=O) groups is 4. The maximum Gasteiger partial charge on any atom is 0.258 e. The smallest absolute Gasteiger partial charge is 0.258 e. The van der Waals surface area contributed by atoms with E-state index in [2.05, 4.69) is 4.90 Å². The number of allylic oxidation sites excluding steroid dienone is 2. The monoisotopic (exact) mass is 817 g/mol. The number of fused-ring (bicyclic) bond motifs is 4. The summed E-state index contributed by atoms with van der Waals surface area (Å²) in [6, 6.07) is 15.4. The van der Waals surface area contributed by atoms with Crippen molar-refractivity contribution in [2.24, 2.45) is 17.8 Å². The summed E-state index contributed by atoms with van der Waals surface area (Å²) in [6.07, 6.45) is 2.21. The maximum atomic E-state index is 15.3. The molecule has 16 heteroatoms. The van der Waals surface area contributed by atoms with Gasteiger partial charge in [0.25, 0.3) is 11.8 Å². The standard InChI is InChI=1S/C40H34Cl2F5N3O6/c41-39-18-26-24(10-11-25-27(26)36(53)49(35(25)52)22-12-14-48(15-13-22)19-20-4-2-1-3-5-20)28(21-6-8-23(9-7-21)56-17-16-51)40(39,42)38(55)50(37(39)54)34-32(46)30(44)29(43)31(45)33(34)47/h1-10,22,25-28,51H,11-19H2/t25-,26+,27-,28-,39+,40-/m0/s1. The molecule has 4 amide bonds. The number of likely N-dealkylation sites (tertiary alicyclic amines) is 2. The average Bonchev–Trinajstić information content (AvgIpc) is 3.54. The van der Waals surface area contributed by atoms with Crippen LogP contribution in [0.1, 0.15) is 42.7 Å². The summed E-state index contributed by atoms with van der Waals surface area (Å²) in [6.45, 7) is 1.62. The van der Waals surface area contributed by atoms with E-state index in [4.69, 9.17) is 27.9 Å². The van der Waals surface area contributed by atoms with Gasteiger partial charge in [-0.05, 0) is 54.9 Å². The van der Waals surface area contributed by atoms with Crippen LogP contribution in [0.4, 0.5) is 27.6 Å². The van der Waals surface area contributed by atoms with Gasteiger partial charge < -0.3 is 9.84 Å². The summed E-state index contributed by atoms with van der Waals surface area (Å²) >= 11 is 14.5. The van der Waals surface area contributed by atoms with E-state index >= 15 is 8.78 Å². The van der Waals surface area contributed by atoms with Crippen molar-refractivity contribution in [1.82, 2.24) is 9.80 Å². The van der Waals surface area contributed by atoms with E-state index in [9.17, 15) is 37.5 Å².